The Morgan fingerprint density at radius 3 is 3.06 bits per heavy atom. The Labute approximate surface area is 99.7 Å². The predicted octanol–water partition coefficient (Wildman–Crippen LogP) is 1.12. The van der Waals surface area contributed by atoms with Crippen LogP contribution in [0.3, 0.4) is 0 Å². The first kappa shape index (κ1) is 12.6. The smallest absolute Gasteiger partial charge is 0.434 e. The zero-order chi connectivity index (χ0) is 12.1. The second kappa shape index (κ2) is 5.59. The van der Waals surface area contributed by atoms with Gasteiger partial charge in [0.1, 0.15) is 30.4 Å². The van der Waals surface area contributed by atoms with Crippen molar-refractivity contribution in [2.75, 3.05) is 6.61 Å². The van der Waals surface area contributed by atoms with Crippen LogP contribution < -0.4 is 0 Å². The van der Waals surface area contributed by atoms with Crippen LogP contribution in [-0.2, 0) is 16.1 Å². The Balaban J connectivity index is 2.46. The minimum Gasteiger partial charge on any atom is -0.461 e. The average Bonchev–Trinajstić information content (AvgIpc) is 2.65. The number of carbonyl (C=O) groups excluding carboxylic acids is 1. The van der Waals surface area contributed by atoms with E-state index in [9.17, 15) is 14.9 Å². The van der Waals surface area contributed by atoms with Crippen molar-refractivity contribution in [3.8, 4) is 0 Å². The van der Waals surface area contributed by atoms with E-state index in [0.717, 1.165) is 0 Å². The summed E-state index contributed by atoms with van der Waals surface area (Å²) < 4.78 is 6.17. The molecule has 16 heavy (non-hydrogen) atoms. The van der Waals surface area contributed by atoms with E-state index in [4.69, 9.17) is 4.74 Å². The first-order valence-corrected chi connectivity index (χ1v) is 5.40. The molecule has 88 valence electrons. The summed E-state index contributed by atoms with van der Waals surface area (Å²) in [6.45, 7) is 1.93. The summed E-state index contributed by atoms with van der Waals surface area (Å²) >= 11 is 3.05. The van der Waals surface area contributed by atoms with Gasteiger partial charge in [-0.05, 0) is 11.8 Å². The summed E-state index contributed by atoms with van der Waals surface area (Å²) in [6.07, 6.45) is 2.79. The van der Waals surface area contributed by atoms with E-state index >= 15 is 0 Å². The lowest BCUT2D eigenvalue weighted by atomic mass is 10.5. The Bertz CT molecular complexity index is 390. The highest BCUT2D eigenvalue weighted by Gasteiger charge is 2.15. The molecule has 1 heterocycles. The maximum absolute atomic E-state index is 11.1. The van der Waals surface area contributed by atoms with Gasteiger partial charge in [0, 0.05) is 0 Å². The maximum atomic E-state index is 11.1. The van der Waals surface area contributed by atoms with Crippen LogP contribution in [0.25, 0.3) is 0 Å². The number of hydrogen-bond acceptors (Lipinski definition) is 5. The van der Waals surface area contributed by atoms with Crippen molar-refractivity contribution in [3.05, 3.63) is 22.5 Å². The van der Waals surface area contributed by atoms with Crippen LogP contribution in [0.2, 0.25) is 0 Å². The zero-order valence-corrected chi connectivity index (χ0v) is 10.1. The number of hydrogen-bond donors (Lipinski definition) is 0. The van der Waals surface area contributed by atoms with Gasteiger partial charge in [-0.1, -0.05) is 20.9 Å². The third-order valence-corrected chi connectivity index (χ3v) is 2.13. The molecule has 0 N–H and O–H groups in total. The monoisotopic (exact) mass is 291 g/mol. The summed E-state index contributed by atoms with van der Waals surface area (Å²) in [5, 5.41) is 10.5. The molecule has 0 aliphatic heterocycles. The van der Waals surface area contributed by atoms with E-state index in [-0.39, 0.29) is 23.9 Å². The standard InChI is InChI=1S/C8H10BrN3O4/c1-6(9)7(13)16-5-4-11-3-2-10-8(11)12(14)15/h2-3,6H,4-5H2,1H3. The molecule has 0 aliphatic carbocycles. The molecule has 1 rings (SSSR count). The molecule has 8 heteroatoms. The second-order valence-electron chi connectivity index (χ2n) is 2.96. The lowest BCUT2D eigenvalue weighted by Gasteiger charge is -2.05. The van der Waals surface area contributed by atoms with Crippen molar-refractivity contribution in [2.45, 2.75) is 18.3 Å². The molecule has 0 fully saturated rings. The average molecular weight is 292 g/mol. The quantitative estimate of drug-likeness (QED) is 0.351. The highest BCUT2D eigenvalue weighted by Crippen LogP contribution is 2.07. The Morgan fingerprint density at radius 1 is 1.81 bits per heavy atom. The van der Waals surface area contributed by atoms with Crippen LogP contribution >= 0.6 is 15.9 Å². The molecule has 0 saturated heterocycles. The van der Waals surface area contributed by atoms with Crippen molar-refractivity contribution in [1.29, 1.82) is 0 Å². The minimum atomic E-state index is -0.588. The summed E-state index contributed by atoms with van der Waals surface area (Å²) in [5.41, 5.74) is 0. The summed E-state index contributed by atoms with van der Waals surface area (Å²) in [4.78, 5) is 24.1. The van der Waals surface area contributed by atoms with Crippen molar-refractivity contribution >= 4 is 27.8 Å². The molecular weight excluding hydrogens is 282 g/mol. The number of alkyl halides is 1. The van der Waals surface area contributed by atoms with Gasteiger partial charge in [0.2, 0.25) is 0 Å². The normalized spacial score (nSPS) is 12.1. The lowest BCUT2D eigenvalue weighted by Crippen LogP contribution is -2.17. The first-order chi connectivity index (χ1) is 7.52. The van der Waals surface area contributed by atoms with Crippen molar-refractivity contribution in [2.24, 2.45) is 0 Å². The molecule has 0 bridgehead atoms. The van der Waals surface area contributed by atoms with Gasteiger partial charge in [-0.2, -0.15) is 0 Å². The van der Waals surface area contributed by atoms with Gasteiger partial charge in [-0.15, -0.1) is 0 Å². The maximum Gasteiger partial charge on any atom is 0.434 e. The molecule has 7 nitrogen and oxygen atoms in total. The number of aromatic nitrogens is 2. The van der Waals surface area contributed by atoms with E-state index in [1.807, 2.05) is 0 Å². The Morgan fingerprint density at radius 2 is 2.50 bits per heavy atom. The number of imidazole rings is 1. The molecular formula is C8H10BrN3O4. The second-order valence-corrected chi connectivity index (χ2v) is 4.33. The van der Waals surface area contributed by atoms with Gasteiger partial charge in [-0.25, -0.2) is 4.57 Å². The van der Waals surface area contributed by atoms with Crippen LogP contribution in [0, 0.1) is 10.1 Å². The van der Waals surface area contributed by atoms with E-state index in [2.05, 4.69) is 20.9 Å². The number of nitro groups is 1. The highest BCUT2D eigenvalue weighted by atomic mass is 79.9. The Kier molecular flexibility index (Phi) is 4.41. The van der Waals surface area contributed by atoms with Gasteiger partial charge < -0.3 is 14.9 Å². The molecule has 0 spiro atoms. The molecule has 1 atom stereocenters. The van der Waals surface area contributed by atoms with Crippen LogP contribution in [-0.4, -0.2) is 31.9 Å². The van der Waals surface area contributed by atoms with Gasteiger partial charge >= 0.3 is 11.9 Å². The third-order valence-electron chi connectivity index (χ3n) is 1.76. The Hall–Kier alpha value is -1.44. The molecule has 1 unspecified atom stereocenters. The van der Waals surface area contributed by atoms with Crippen LogP contribution in [0.15, 0.2) is 12.4 Å². The van der Waals surface area contributed by atoms with Crippen molar-refractivity contribution in [3.63, 3.8) is 0 Å². The van der Waals surface area contributed by atoms with E-state index in [1.165, 1.54) is 17.0 Å². The molecule has 1 aromatic rings. The number of halogens is 1. The van der Waals surface area contributed by atoms with E-state index in [0.29, 0.717) is 0 Å². The van der Waals surface area contributed by atoms with Crippen molar-refractivity contribution < 1.29 is 14.5 Å². The van der Waals surface area contributed by atoms with Gasteiger partial charge in [0.05, 0.1) is 0 Å². The third kappa shape index (κ3) is 3.30. The predicted molar refractivity (Wildman–Crippen MR) is 58.2 cm³/mol. The zero-order valence-electron chi connectivity index (χ0n) is 8.50. The molecule has 0 saturated carbocycles. The van der Waals surface area contributed by atoms with Crippen LogP contribution in [0.4, 0.5) is 5.95 Å². The van der Waals surface area contributed by atoms with Crippen molar-refractivity contribution in [1.82, 2.24) is 9.55 Å². The summed E-state index contributed by atoms with van der Waals surface area (Å²) in [5.74, 6) is -0.661. The molecule has 0 radical (unpaired) electrons. The number of rotatable bonds is 5. The minimum absolute atomic E-state index is 0.0754. The largest absolute Gasteiger partial charge is 0.461 e. The number of ether oxygens (including phenoxy) is 1. The first-order valence-electron chi connectivity index (χ1n) is 4.48. The molecule has 0 amide bonds. The van der Waals surface area contributed by atoms with E-state index < -0.39 is 10.9 Å². The highest BCUT2D eigenvalue weighted by molar-refractivity contribution is 9.10. The van der Waals surface area contributed by atoms with Gasteiger partial charge in [0.25, 0.3) is 0 Å². The SMILES string of the molecule is CC(Br)C(=O)OCCn1ccnc1[N+](=O)[O-]. The fourth-order valence-corrected chi connectivity index (χ4v) is 1.14. The molecule has 1 aromatic heterocycles. The topological polar surface area (TPSA) is 87.3 Å². The lowest BCUT2D eigenvalue weighted by molar-refractivity contribution is -0.396. The van der Waals surface area contributed by atoms with Crippen LogP contribution in [0.5, 0.6) is 0 Å². The fraction of sp³-hybridized carbons (Fsp3) is 0.500. The van der Waals surface area contributed by atoms with Gasteiger partial charge in [0.15, 0.2) is 0 Å². The molecule has 0 aliphatic rings. The van der Waals surface area contributed by atoms with E-state index in [1.54, 1.807) is 6.92 Å². The van der Waals surface area contributed by atoms with Crippen LogP contribution in [0.1, 0.15) is 6.92 Å². The number of nitrogens with zero attached hydrogens (tertiary/aromatic N) is 3. The fourth-order valence-electron chi connectivity index (χ4n) is 1.01. The summed E-state index contributed by atoms with van der Waals surface area (Å²) in [7, 11) is 0. The number of esters is 1. The van der Waals surface area contributed by atoms with Gasteiger partial charge in [-0.3, -0.25) is 4.79 Å². The number of carbonyl (C=O) groups is 1. The molecule has 0 aromatic carbocycles. The summed E-state index contributed by atoms with van der Waals surface area (Å²) in [6, 6.07) is 0.